The van der Waals surface area contributed by atoms with Crippen LogP contribution in [0.15, 0.2) is 24.5 Å². The number of benzene rings is 1. The van der Waals surface area contributed by atoms with Crippen molar-refractivity contribution >= 4 is 11.6 Å². The number of nitrogens with two attached hydrogens (primary N) is 1. The van der Waals surface area contributed by atoms with Crippen LogP contribution in [0.5, 0.6) is 0 Å². The number of hydrogen-bond acceptors (Lipinski definition) is 4. The van der Waals surface area contributed by atoms with Gasteiger partial charge in [-0.3, -0.25) is 11.3 Å². The number of hydrogen-bond donors (Lipinski definition) is 2. The van der Waals surface area contributed by atoms with Crippen molar-refractivity contribution in [2.24, 2.45) is 11.8 Å². The summed E-state index contributed by atoms with van der Waals surface area (Å²) in [5, 5.41) is 4.66. The Hall–Kier alpha value is -1.50. The zero-order chi connectivity index (χ0) is 15.4. The standard InChI is InChI=1S/C14H19ClFN5/c1-9(2)7-21-14(18-8-19-21)6-13(20-17)11-5-10(15)3-4-12(11)16/h3-5,8-9,13,20H,6-7,17H2,1-2H3. The fraction of sp³-hybridized carbons (Fsp3) is 0.429. The van der Waals surface area contributed by atoms with Crippen molar-refractivity contribution < 1.29 is 4.39 Å². The highest BCUT2D eigenvalue weighted by molar-refractivity contribution is 6.30. The summed E-state index contributed by atoms with van der Waals surface area (Å²) in [6.07, 6.45) is 1.93. The predicted octanol–water partition coefficient (Wildman–Crippen LogP) is 2.47. The second-order valence-corrected chi connectivity index (χ2v) is 5.78. The first-order valence-electron chi connectivity index (χ1n) is 6.79. The van der Waals surface area contributed by atoms with E-state index < -0.39 is 6.04 Å². The highest BCUT2D eigenvalue weighted by Crippen LogP contribution is 2.23. The predicted molar refractivity (Wildman–Crippen MR) is 80.0 cm³/mol. The zero-order valence-corrected chi connectivity index (χ0v) is 12.8. The fourth-order valence-corrected chi connectivity index (χ4v) is 2.35. The van der Waals surface area contributed by atoms with Crippen LogP contribution in [0.25, 0.3) is 0 Å². The van der Waals surface area contributed by atoms with Crippen molar-refractivity contribution in [3.63, 3.8) is 0 Å². The monoisotopic (exact) mass is 311 g/mol. The second-order valence-electron chi connectivity index (χ2n) is 5.34. The number of rotatable bonds is 6. The molecule has 0 saturated carbocycles. The Balaban J connectivity index is 2.23. The molecule has 0 spiro atoms. The van der Waals surface area contributed by atoms with Crippen LogP contribution in [-0.4, -0.2) is 14.8 Å². The highest BCUT2D eigenvalue weighted by atomic mass is 35.5. The van der Waals surface area contributed by atoms with E-state index in [1.54, 1.807) is 6.07 Å². The maximum Gasteiger partial charge on any atom is 0.138 e. The minimum absolute atomic E-state index is 0.350. The first-order valence-corrected chi connectivity index (χ1v) is 7.16. The molecule has 3 N–H and O–H groups in total. The van der Waals surface area contributed by atoms with Crippen molar-refractivity contribution in [1.82, 2.24) is 20.2 Å². The van der Waals surface area contributed by atoms with E-state index in [1.807, 2.05) is 4.68 Å². The van der Waals surface area contributed by atoms with E-state index in [4.69, 9.17) is 17.4 Å². The third-order valence-corrected chi connectivity index (χ3v) is 3.39. The number of aromatic nitrogens is 3. The van der Waals surface area contributed by atoms with Crippen molar-refractivity contribution in [2.75, 3.05) is 0 Å². The first-order chi connectivity index (χ1) is 10.0. The molecule has 0 radical (unpaired) electrons. The molecular formula is C14H19ClFN5. The molecule has 1 aromatic carbocycles. The Bertz CT molecular complexity index is 599. The van der Waals surface area contributed by atoms with Crippen LogP contribution >= 0.6 is 11.6 Å². The Morgan fingerprint density at radius 3 is 2.86 bits per heavy atom. The van der Waals surface area contributed by atoms with E-state index in [2.05, 4.69) is 29.4 Å². The van der Waals surface area contributed by atoms with Gasteiger partial charge in [0.1, 0.15) is 18.0 Å². The largest absolute Gasteiger partial charge is 0.271 e. The Morgan fingerprint density at radius 2 is 2.19 bits per heavy atom. The topological polar surface area (TPSA) is 68.8 Å². The van der Waals surface area contributed by atoms with Crippen LogP contribution < -0.4 is 11.3 Å². The Kier molecular flexibility index (Phi) is 5.27. The van der Waals surface area contributed by atoms with Gasteiger partial charge in [0.25, 0.3) is 0 Å². The van der Waals surface area contributed by atoms with E-state index in [9.17, 15) is 4.39 Å². The molecule has 5 nitrogen and oxygen atoms in total. The van der Waals surface area contributed by atoms with Gasteiger partial charge in [-0.2, -0.15) is 5.10 Å². The van der Waals surface area contributed by atoms with Crippen LogP contribution in [0, 0.1) is 11.7 Å². The molecule has 0 amide bonds. The summed E-state index contributed by atoms with van der Waals surface area (Å²) in [4.78, 5) is 4.24. The molecule has 0 aliphatic carbocycles. The molecule has 1 atom stereocenters. The van der Waals surface area contributed by atoms with Crippen LogP contribution in [0.2, 0.25) is 5.02 Å². The molecule has 7 heteroatoms. The van der Waals surface area contributed by atoms with Gasteiger partial charge in [0.2, 0.25) is 0 Å². The summed E-state index contributed by atoms with van der Waals surface area (Å²) in [7, 11) is 0. The third-order valence-electron chi connectivity index (χ3n) is 3.16. The van der Waals surface area contributed by atoms with E-state index in [1.165, 1.54) is 18.5 Å². The Labute approximate surface area is 128 Å². The average molecular weight is 312 g/mol. The first kappa shape index (κ1) is 15.9. The minimum Gasteiger partial charge on any atom is -0.271 e. The molecule has 0 fully saturated rings. The smallest absolute Gasteiger partial charge is 0.138 e. The van der Waals surface area contributed by atoms with E-state index in [0.29, 0.717) is 22.9 Å². The van der Waals surface area contributed by atoms with Crippen LogP contribution in [0.1, 0.15) is 31.3 Å². The third kappa shape index (κ3) is 4.00. The molecule has 1 unspecified atom stereocenters. The van der Waals surface area contributed by atoms with Crippen LogP contribution in [0.4, 0.5) is 4.39 Å². The highest BCUT2D eigenvalue weighted by Gasteiger charge is 2.18. The summed E-state index contributed by atoms with van der Waals surface area (Å²) in [5.74, 6) is 6.42. The van der Waals surface area contributed by atoms with Crippen molar-refractivity contribution in [1.29, 1.82) is 0 Å². The molecule has 114 valence electrons. The van der Waals surface area contributed by atoms with E-state index in [0.717, 1.165) is 12.4 Å². The molecule has 2 aromatic rings. The second kappa shape index (κ2) is 6.98. The lowest BCUT2D eigenvalue weighted by Crippen LogP contribution is -2.31. The molecular weight excluding hydrogens is 293 g/mol. The maximum atomic E-state index is 13.9. The van der Waals surface area contributed by atoms with Gasteiger partial charge in [-0.25, -0.2) is 14.1 Å². The number of nitrogens with one attached hydrogen (secondary N) is 1. The molecule has 1 aromatic heterocycles. The van der Waals surface area contributed by atoms with Crippen LogP contribution in [0.3, 0.4) is 0 Å². The van der Waals surface area contributed by atoms with E-state index in [-0.39, 0.29) is 5.82 Å². The van der Waals surface area contributed by atoms with Crippen molar-refractivity contribution in [3.05, 3.63) is 46.8 Å². The molecule has 21 heavy (non-hydrogen) atoms. The quantitative estimate of drug-likeness (QED) is 0.635. The van der Waals surface area contributed by atoms with Gasteiger partial charge < -0.3 is 0 Å². The van der Waals surface area contributed by atoms with Gasteiger partial charge in [0.05, 0.1) is 6.04 Å². The molecule has 0 aliphatic rings. The molecule has 1 heterocycles. The lowest BCUT2D eigenvalue weighted by Gasteiger charge is -2.18. The normalized spacial score (nSPS) is 12.9. The molecule has 2 rings (SSSR count). The summed E-state index contributed by atoms with van der Waals surface area (Å²) >= 11 is 5.93. The van der Waals surface area contributed by atoms with E-state index >= 15 is 0 Å². The summed E-state index contributed by atoms with van der Waals surface area (Å²) in [5.41, 5.74) is 3.05. The van der Waals surface area contributed by atoms with Crippen LogP contribution in [-0.2, 0) is 13.0 Å². The van der Waals surface area contributed by atoms with Gasteiger partial charge in [-0.05, 0) is 24.1 Å². The van der Waals surface area contributed by atoms with Gasteiger partial charge >= 0.3 is 0 Å². The SMILES string of the molecule is CC(C)Cn1ncnc1CC(NN)c1cc(Cl)ccc1F. The fourth-order valence-electron chi connectivity index (χ4n) is 2.17. The summed E-state index contributed by atoms with van der Waals surface area (Å²) in [6, 6.07) is 4.00. The number of hydrazine groups is 1. The molecule has 0 bridgehead atoms. The molecule has 0 saturated heterocycles. The average Bonchev–Trinajstić information content (AvgIpc) is 2.85. The number of nitrogens with zero attached hydrogens (tertiary/aromatic N) is 3. The summed E-state index contributed by atoms with van der Waals surface area (Å²) < 4.78 is 15.8. The lowest BCUT2D eigenvalue weighted by molar-refractivity contribution is 0.441. The van der Waals surface area contributed by atoms with Crippen molar-refractivity contribution in [2.45, 2.75) is 32.9 Å². The Morgan fingerprint density at radius 1 is 1.43 bits per heavy atom. The molecule has 0 aliphatic heterocycles. The number of halogens is 2. The van der Waals surface area contributed by atoms with Gasteiger partial charge in [0, 0.05) is 23.6 Å². The van der Waals surface area contributed by atoms with Gasteiger partial charge in [-0.15, -0.1) is 0 Å². The van der Waals surface area contributed by atoms with Crippen molar-refractivity contribution in [3.8, 4) is 0 Å². The maximum absolute atomic E-state index is 13.9. The van der Waals surface area contributed by atoms with Gasteiger partial charge in [0.15, 0.2) is 0 Å². The summed E-state index contributed by atoms with van der Waals surface area (Å²) in [6.45, 7) is 4.95. The zero-order valence-electron chi connectivity index (χ0n) is 12.1. The minimum atomic E-state index is -0.418. The van der Waals surface area contributed by atoms with Gasteiger partial charge in [-0.1, -0.05) is 25.4 Å². The lowest BCUT2D eigenvalue weighted by atomic mass is 10.0.